The van der Waals surface area contributed by atoms with Crippen LogP contribution in [-0.4, -0.2) is 32.8 Å². The molecule has 0 radical (unpaired) electrons. The fourth-order valence-electron chi connectivity index (χ4n) is 4.56. The van der Waals surface area contributed by atoms with Crippen LogP contribution >= 0.6 is 0 Å². The summed E-state index contributed by atoms with van der Waals surface area (Å²) < 4.78 is 19.2. The molecule has 0 saturated heterocycles. The van der Waals surface area contributed by atoms with E-state index in [2.05, 4.69) is 25.6 Å². The first-order valence-corrected chi connectivity index (χ1v) is 12.9. The van der Waals surface area contributed by atoms with Crippen molar-refractivity contribution in [2.24, 2.45) is 0 Å². The van der Waals surface area contributed by atoms with Crippen LogP contribution in [0.4, 0.5) is 16.0 Å². The lowest BCUT2D eigenvalue weighted by molar-refractivity contribution is 0.101. The number of anilines is 2. The number of rotatable bonds is 9. The lowest BCUT2D eigenvalue weighted by atomic mass is 10.0. The summed E-state index contributed by atoms with van der Waals surface area (Å²) in [5.74, 6) is 1.60. The van der Waals surface area contributed by atoms with Crippen LogP contribution in [0.3, 0.4) is 0 Å². The van der Waals surface area contributed by atoms with Gasteiger partial charge in [-0.2, -0.15) is 0 Å². The van der Waals surface area contributed by atoms with E-state index in [0.29, 0.717) is 51.9 Å². The molecule has 3 heterocycles. The predicted molar refractivity (Wildman–Crippen MR) is 154 cm³/mol. The van der Waals surface area contributed by atoms with Gasteiger partial charge < -0.3 is 15.4 Å². The molecule has 0 amide bonds. The second kappa shape index (κ2) is 11.4. The molecular weight excluding hydrogens is 507 g/mol. The lowest BCUT2D eigenvalue weighted by Gasteiger charge is -2.21. The Morgan fingerprint density at radius 1 is 1.00 bits per heavy atom. The number of ether oxygens (including phenoxy) is 1. The molecule has 0 unspecified atom stereocenters. The number of ketones is 1. The van der Waals surface area contributed by atoms with Gasteiger partial charge in [0.2, 0.25) is 0 Å². The number of carbonyl (C=O) groups is 1. The zero-order valence-electron chi connectivity index (χ0n) is 22.7. The molecule has 0 saturated carbocycles. The monoisotopic (exact) mass is 536 g/mol. The maximum Gasteiger partial charge on any atom is 0.167 e. The minimum atomic E-state index is -0.381. The Balaban J connectivity index is 1.51. The normalized spacial score (nSPS) is 11.7. The quantitative estimate of drug-likeness (QED) is 0.205. The average Bonchev–Trinajstić information content (AvgIpc) is 2.95. The van der Waals surface area contributed by atoms with Gasteiger partial charge in [-0.15, -0.1) is 0 Å². The molecule has 0 aliphatic heterocycles. The van der Waals surface area contributed by atoms with Gasteiger partial charge in [-0.3, -0.25) is 9.78 Å². The van der Waals surface area contributed by atoms with E-state index in [-0.39, 0.29) is 17.6 Å². The molecule has 0 aliphatic rings. The molecule has 2 N–H and O–H groups in total. The lowest BCUT2D eigenvalue weighted by Crippen LogP contribution is -2.17. The molecule has 202 valence electrons. The highest BCUT2D eigenvalue weighted by Gasteiger charge is 2.22. The molecule has 0 fully saturated rings. The Bertz CT molecular complexity index is 1680. The number of benzene rings is 2. The van der Waals surface area contributed by atoms with Crippen molar-refractivity contribution >= 4 is 28.3 Å². The Morgan fingerprint density at radius 2 is 1.77 bits per heavy atom. The van der Waals surface area contributed by atoms with Crippen LogP contribution in [0.15, 0.2) is 72.9 Å². The van der Waals surface area contributed by atoms with E-state index in [0.717, 1.165) is 16.9 Å². The third-order valence-electron chi connectivity index (χ3n) is 6.50. The number of hydrogen-bond acceptors (Lipinski definition) is 8. The van der Waals surface area contributed by atoms with Crippen molar-refractivity contribution in [3.05, 3.63) is 101 Å². The minimum Gasteiger partial charge on any atom is -0.497 e. The van der Waals surface area contributed by atoms with Gasteiger partial charge in [0.05, 0.1) is 30.1 Å². The summed E-state index contributed by atoms with van der Waals surface area (Å²) in [7, 11) is 1.62. The summed E-state index contributed by atoms with van der Waals surface area (Å²) >= 11 is 0. The summed E-state index contributed by atoms with van der Waals surface area (Å²) in [6.45, 7) is 5.67. The summed E-state index contributed by atoms with van der Waals surface area (Å²) in [6, 6.07) is 19.3. The molecule has 2 aromatic carbocycles. The maximum absolute atomic E-state index is 14.0. The Hall–Kier alpha value is -4.92. The van der Waals surface area contributed by atoms with E-state index >= 15 is 0 Å². The summed E-state index contributed by atoms with van der Waals surface area (Å²) in [6.07, 6.45) is 1.70. The molecule has 0 spiro atoms. The number of pyridine rings is 2. The third-order valence-corrected chi connectivity index (χ3v) is 6.50. The van der Waals surface area contributed by atoms with Crippen molar-refractivity contribution in [1.29, 1.82) is 0 Å². The average molecular weight is 537 g/mol. The largest absolute Gasteiger partial charge is 0.497 e. The van der Waals surface area contributed by atoms with E-state index in [1.807, 2.05) is 55.5 Å². The maximum atomic E-state index is 14.0. The number of halogens is 1. The third kappa shape index (κ3) is 5.73. The van der Waals surface area contributed by atoms with Gasteiger partial charge in [-0.05, 0) is 74.9 Å². The highest BCUT2D eigenvalue weighted by molar-refractivity contribution is 6.03. The number of fused-ring (bicyclic) bond motifs is 1. The zero-order chi connectivity index (χ0) is 28.2. The number of hydrogen-bond donors (Lipinski definition) is 2. The first-order valence-electron chi connectivity index (χ1n) is 12.9. The van der Waals surface area contributed by atoms with Crippen molar-refractivity contribution < 1.29 is 13.9 Å². The van der Waals surface area contributed by atoms with Gasteiger partial charge in [-0.1, -0.05) is 18.2 Å². The van der Waals surface area contributed by atoms with Crippen molar-refractivity contribution in [3.63, 3.8) is 0 Å². The van der Waals surface area contributed by atoms with E-state index in [4.69, 9.17) is 9.72 Å². The number of aryl methyl sites for hydroxylation is 1. The van der Waals surface area contributed by atoms with Gasteiger partial charge in [-0.25, -0.2) is 19.3 Å². The predicted octanol–water partition coefficient (Wildman–Crippen LogP) is 6.53. The van der Waals surface area contributed by atoms with Crippen LogP contribution in [0.1, 0.15) is 47.3 Å². The summed E-state index contributed by atoms with van der Waals surface area (Å²) in [4.78, 5) is 31.4. The standard InChI is InChI=1S/C31H29FN6O2/c1-18(29-25(27-7-5-6-14-33-27)16-22-15-23(32)10-13-26(22)38-29)35-31-28(19(2)39)30(36-20(3)37-31)34-17-21-8-11-24(40-4)12-9-21/h5-16,18H,17H2,1-4H3,(H2,34,35,36,37)/t18-/m0/s1. The molecule has 40 heavy (non-hydrogen) atoms. The van der Waals surface area contributed by atoms with Crippen LogP contribution in [0.5, 0.6) is 5.75 Å². The molecular formula is C31H29FN6O2. The van der Waals surface area contributed by atoms with Crippen LogP contribution in [0, 0.1) is 12.7 Å². The zero-order valence-corrected chi connectivity index (χ0v) is 22.7. The van der Waals surface area contributed by atoms with Crippen molar-refractivity contribution in [1.82, 2.24) is 19.9 Å². The van der Waals surface area contributed by atoms with Crippen molar-refractivity contribution in [2.45, 2.75) is 33.4 Å². The number of nitrogens with zero attached hydrogens (tertiary/aromatic N) is 4. The summed E-state index contributed by atoms with van der Waals surface area (Å²) in [5, 5.41) is 7.36. The number of methoxy groups -OCH3 is 1. The second-order valence-electron chi connectivity index (χ2n) is 9.44. The molecule has 0 bridgehead atoms. The van der Waals surface area contributed by atoms with Gasteiger partial charge in [0, 0.05) is 23.7 Å². The van der Waals surface area contributed by atoms with Crippen LogP contribution in [-0.2, 0) is 6.54 Å². The van der Waals surface area contributed by atoms with E-state index < -0.39 is 0 Å². The number of carbonyl (C=O) groups excluding carboxylic acids is 1. The number of nitrogens with one attached hydrogen (secondary N) is 2. The molecule has 1 atom stereocenters. The van der Waals surface area contributed by atoms with Gasteiger partial charge in [0.15, 0.2) is 5.78 Å². The first-order chi connectivity index (χ1) is 19.3. The molecule has 5 aromatic rings. The van der Waals surface area contributed by atoms with Crippen LogP contribution in [0.25, 0.3) is 22.2 Å². The van der Waals surface area contributed by atoms with E-state index in [1.165, 1.54) is 19.1 Å². The van der Waals surface area contributed by atoms with Gasteiger partial charge in [0.25, 0.3) is 0 Å². The fraction of sp³-hybridized carbons (Fsp3) is 0.194. The van der Waals surface area contributed by atoms with Gasteiger partial charge in [0.1, 0.15) is 34.6 Å². The molecule has 9 heteroatoms. The molecule has 5 rings (SSSR count). The van der Waals surface area contributed by atoms with E-state index in [9.17, 15) is 9.18 Å². The molecule has 0 aliphatic carbocycles. The van der Waals surface area contributed by atoms with E-state index in [1.54, 1.807) is 26.3 Å². The summed E-state index contributed by atoms with van der Waals surface area (Å²) in [5.41, 5.74) is 4.16. The fourth-order valence-corrected chi connectivity index (χ4v) is 4.56. The Kier molecular flexibility index (Phi) is 7.63. The highest BCUT2D eigenvalue weighted by atomic mass is 19.1. The molecule has 8 nitrogen and oxygen atoms in total. The Morgan fingerprint density at radius 3 is 2.48 bits per heavy atom. The Labute approximate surface area is 231 Å². The minimum absolute atomic E-state index is 0.182. The first kappa shape index (κ1) is 26.7. The smallest absolute Gasteiger partial charge is 0.167 e. The SMILES string of the molecule is COc1ccc(CNc2nc(C)nc(N[C@@H](C)c3nc4ccc(F)cc4cc3-c3ccccn3)c2C(C)=O)cc1. The highest BCUT2D eigenvalue weighted by Crippen LogP contribution is 2.32. The van der Waals surface area contributed by atoms with Crippen molar-refractivity contribution in [2.75, 3.05) is 17.7 Å². The van der Waals surface area contributed by atoms with Crippen LogP contribution in [0.2, 0.25) is 0 Å². The van der Waals surface area contributed by atoms with Crippen LogP contribution < -0.4 is 15.4 Å². The molecule has 3 aromatic heterocycles. The number of aromatic nitrogens is 4. The number of Topliss-reactive ketones (excluding diaryl/α,β-unsaturated/α-hetero) is 1. The van der Waals surface area contributed by atoms with Crippen molar-refractivity contribution in [3.8, 4) is 17.0 Å². The topological polar surface area (TPSA) is 102 Å². The van der Waals surface area contributed by atoms with Gasteiger partial charge >= 0.3 is 0 Å². The second-order valence-corrected chi connectivity index (χ2v) is 9.44.